The maximum absolute atomic E-state index is 6.65. The standard InChI is InChI=1S/C21H42O2Si2/c1-17-12-13-19(23-25(10,11)21(5,6)7)16-18(17)14-15-22-24(8,9)20(2,3)4/h14,19H,1,12-13,15-16H2,2-11H3/b18-14-/t19-/m0/s1. The molecule has 0 spiro atoms. The summed E-state index contributed by atoms with van der Waals surface area (Å²) in [5, 5.41) is 0.514. The molecule has 0 heterocycles. The van der Waals surface area contributed by atoms with E-state index in [9.17, 15) is 0 Å². The lowest BCUT2D eigenvalue weighted by atomic mass is 9.88. The molecule has 0 bridgehead atoms. The second kappa shape index (κ2) is 7.83. The van der Waals surface area contributed by atoms with E-state index in [0.717, 1.165) is 19.3 Å². The molecule has 0 amide bonds. The summed E-state index contributed by atoms with van der Waals surface area (Å²) in [5.41, 5.74) is 2.63. The van der Waals surface area contributed by atoms with E-state index in [-0.39, 0.29) is 10.1 Å². The first kappa shape index (κ1) is 22.9. The van der Waals surface area contributed by atoms with Crippen molar-refractivity contribution in [2.24, 2.45) is 0 Å². The summed E-state index contributed by atoms with van der Waals surface area (Å²) in [6.45, 7) is 28.1. The van der Waals surface area contributed by atoms with Crippen molar-refractivity contribution in [1.82, 2.24) is 0 Å². The summed E-state index contributed by atoms with van der Waals surface area (Å²) in [7, 11) is -3.40. The monoisotopic (exact) mass is 382 g/mol. The zero-order valence-electron chi connectivity index (χ0n) is 18.5. The smallest absolute Gasteiger partial charge is 0.192 e. The third-order valence-corrected chi connectivity index (χ3v) is 15.6. The Morgan fingerprint density at radius 3 is 2.00 bits per heavy atom. The van der Waals surface area contributed by atoms with E-state index < -0.39 is 16.6 Å². The summed E-state index contributed by atoms with van der Waals surface area (Å²) in [5.74, 6) is 0. The molecule has 0 unspecified atom stereocenters. The minimum atomic E-state index is -1.71. The van der Waals surface area contributed by atoms with Gasteiger partial charge < -0.3 is 8.85 Å². The van der Waals surface area contributed by atoms with Crippen LogP contribution in [0.15, 0.2) is 23.8 Å². The Balaban J connectivity index is 2.73. The molecule has 0 N–H and O–H groups in total. The van der Waals surface area contributed by atoms with Crippen molar-refractivity contribution in [3.8, 4) is 0 Å². The van der Waals surface area contributed by atoms with Crippen molar-refractivity contribution in [3.63, 3.8) is 0 Å². The van der Waals surface area contributed by atoms with Gasteiger partial charge in [-0.2, -0.15) is 0 Å². The second-order valence-electron chi connectivity index (χ2n) is 10.6. The predicted molar refractivity (Wildman–Crippen MR) is 116 cm³/mol. The highest BCUT2D eigenvalue weighted by molar-refractivity contribution is 6.74. The van der Waals surface area contributed by atoms with Crippen LogP contribution in [0.4, 0.5) is 0 Å². The van der Waals surface area contributed by atoms with Crippen molar-refractivity contribution >= 4 is 16.6 Å². The molecule has 2 nitrogen and oxygen atoms in total. The maximum atomic E-state index is 6.65. The number of hydrogen-bond donors (Lipinski definition) is 0. The van der Waals surface area contributed by atoms with E-state index in [1.165, 1.54) is 11.1 Å². The summed E-state index contributed by atoms with van der Waals surface area (Å²) in [4.78, 5) is 0. The molecule has 1 atom stereocenters. The van der Waals surface area contributed by atoms with Gasteiger partial charge in [0.1, 0.15) is 0 Å². The largest absolute Gasteiger partial charge is 0.414 e. The van der Waals surface area contributed by atoms with Crippen molar-refractivity contribution in [2.45, 2.75) is 103 Å². The fourth-order valence-electron chi connectivity index (χ4n) is 2.48. The van der Waals surface area contributed by atoms with Gasteiger partial charge in [-0.25, -0.2) is 0 Å². The molecule has 25 heavy (non-hydrogen) atoms. The highest BCUT2D eigenvalue weighted by atomic mass is 28.4. The molecule has 0 saturated heterocycles. The van der Waals surface area contributed by atoms with Gasteiger partial charge in [0.25, 0.3) is 0 Å². The summed E-state index contributed by atoms with van der Waals surface area (Å²) in [6.07, 6.45) is 5.75. The third-order valence-electron chi connectivity index (χ3n) is 6.52. The van der Waals surface area contributed by atoms with Gasteiger partial charge >= 0.3 is 0 Å². The molecule has 1 aliphatic rings. The van der Waals surface area contributed by atoms with Crippen LogP contribution in [0.2, 0.25) is 36.3 Å². The molecule has 1 fully saturated rings. The third kappa shape index (κ3) is 6.19. The molecule has 0 aromatic heterocycles. The van der Waals surface area contributed by atoms with E-state index in [2.05, 4.69) is 80.4 Å². The van der Waals surface area contributed by atoms with Crippen molar-refractivity contribution in [1.29, 1.82) is 0 Å². The molecule has 1 saturated carbocycles. The molecule has 0 aliphatic heterocycles. The topological polar surface area (TPSA) is 18.5 Å². The van der Waals surface area contributed by atoms with Crippen LogP contribution in [-0.4, -0.2) is 29.3 Å². The number of allylic oxidation sites excluding steroid dienone is 1. The highest BCUT2D eigenvalue weighted by Crippen LogP contribution is 2.40. The average Bonchev–Trinajstić information content (AvgIpc) is 2.39. The molecular weight excluding hydrogens is 340 g/mol. The van der Waals surface area contributed by atoms with Crippen LogP contribution in [0.3, 0.4) is 0 Å². The van der Waals surface area contributed by atoms with Crippen LogP contribution in [-0.2, 0) is 8.85 Å². The minimum absolute atomic E-state index is 0.253. The summed E-state index contributed by atoms with van der Waals surface area (Å²) < 4.78 is 13.0. The maximum Gasteiger partial charge on any atom is 0.192 e. The first-order chi connectivity index (χ1) is 11.1. The lowest BCUT2D eigenvalue weighted by Crippen LogP contribution is -2.44. The Kier molecular flexibility index (Phi) is 7.17. The highest BCUT2D eigenvalue weighted by Gasteiger charge is 2.40. The Morgan fingerprint density at radius 1 is 1.00 bits per heavy atom. The Labute approximate surface area is 159 Å². The SMILES string of the molecule is C=C1CC[C@H](O[Si](C)(C)C(C)(C)C)C/C1=C/CO[Si](C)(C)C(C)(C)C. The van der Waals surface area contributed by atoms with Crippen LogP contribution < -0.4 is 0 Å². The zero-order chi connectivity index (χ0) is 19.7. The van der Waals surface area contributed by atoms with E-state index in [1.807, 2.05) is 0 Å². The second-order valence-corrected chi connectivity index (χ2v) is 20.2. The first-order valence-corrected chi connectivity index (χ1v) is 15.6. The van der Waals surface area contributed by atoms with Crippen molar-refractivity contribution in [3.05, 3.63) is 23.8 Å². The summed E-state index contributed by atoms with van der Waals surface area (Å²) >= 11 is 0. The summed E-state index contributed by atoms with van der Waals surface area (Å²) in [6, 6.07) is 0. The molecule has 0 aromatic carbocycles. The fourth-order valence-corrected chi connectivity index (χ4v) is 4.80. The number of hydrogen-bond acceptors (Lipinski definition) is 2. The minimum Gasteiger partial charge on any atom is -0.414 e. The van der Waals surface area contributed by atoms with Gasteiger partial charge in [0.15, 0.2) is 16.6 Å². The molecule has 146 valence electrons. The van der Waals surface area contributed by atoms with E-state index in [4.69, 9.17) is 8.85 Å². The van der Waals surface area contributed by atoms with Gasteiger partial charge in [0.2, 0.25) is 0 Å². The van der Waals surface area contributed by atoms with E-state index >= 15 is 0 Å². The van der Waals surface area contributed by atoms with Crippen LogP contribution in [0.1, 0.15) is 60.8 Å². The molecule has 0 aromatic rings. The van der Waals surface area contributed by atoms with E-state index in [1.54, 1.807) is 0 Å². The first-order valence-electron chi connectivity index (χ1n) is 9.76. The van der Waals surface area contributed by atoms with Crippen LogP contribution in [0.25, 0.3) is 0 Å². The molecule has 1 aliphatic carbocycles. The van der Waals surface area contributed by atoms with Gasteiger partial charge in [-0.05, 0) is 61.1 Å². The van der Waals surface area contributed by atoms with Crippen molar-refractivity contribution < 1.29 is 8.85 Å². The Bertz CT molecular complexity index is 505. The van der Waals surface area contributed by atoms with Gasteiger partial charge in [-0.3, -0.25) is 0 Å². The molecule has 1 rings (SSSR count). The quantitative estimate of drug-likeness (QED) is 0.473. The van der Waals surface area contributed by atoms with Crippen LogP contribution in [0, 0.1) is 0 Å². The molecule has 0 radical (unpaired) electrons. The normalized spacial score (nSPS) is 22.6. The van der Waals surface area contributed by atoms with Crippen LogP contribution >= 0.6 is 0 Å². The lowest BCUT2D eigenvalue weighted by molar-refractivity contribution is 0.164. The van der Waals surface area contributed by atoms with Gasteiger partial charge in [-0.15, -0.1) is 0 Å². The van der Waals surface area contributed by atoms with Crippen molar-refractivity contribution in [2.75, 3.05) is 6.61 Å². The van der Waals surface area contributed by atoms with Gasteiger partial charge in [0.05, 0.1) is 6.61 Å². The average molecular weight is 383 g/mol. The Morgan fingerprint density at radius 2 is 1.52 bits per heavy atom. The number of rotatable bonds is 5. The van der Waals surface area contributed by atoms with E-state index in [0.29, 0.717) is 12.7 Å². The predicted octanol–water partition coefficient (Wildman–Crippen LogP) is 7.07. The lowest BCUT2D eigenvalue weighted by Gasteiger charge is -2.41. The Hall–Kier alpha value is -0.166. The van der Waals surface area contributed by atoms with Gasteiger partial charge in [-0.1, -0.05) is 59.8 Å². The molecular formula is C21H42O2Si2. The zero-order valence-corrected chi connectivity index (χ0v) is 20.5. The van der Waals surface area contributed by atoms with Gasteiger partial charge in [0, 0.05) is 6.10 Å². The fraction of sp³-hybridized carbons (Fsp3) is 0.810. The molecule has 4 heteroatoms. The van der Waals surface area contributed by atoms with Crippen LogP contribution in [0.5, 0.6) is 0 Å².